The Hall–Kier alpha value is -1.61. The van der Waals surface area contributed by atoms with Gasteiger partial charge in [0.1, 0.15) is 0 Å². The normalized spacial score (nSPS) is 12.7. The number of benzene rings is 1. The number of hydrogen-bond acceptors (Lipinski definition) is 2. The fraction of sp³-hybridized carbons (Fsp3) is 0.438. The van der Waals surface area contributed by atoms with E-state index >= 15 is 0 Å². The van der Waals surface area contributed by atoms with Crippen LogP contribution in [0.1, 0.15) is 39.7 Å². The van der Waals surface area contributed by atoms with E-state index < -0.39 is 0 Å². The number of hydrogen-bond donors (Lipinski definition) is 1. The van der Waals surface area contributed by atoms with Gasteiger partial charge >= 0.3 is 0 Å². The molecule has 102 valence electrons. The molecule has 0 bridgehead atoms. The second-order valence-electron chi connectivity index (χ2n) is 5.51. The van der Waals surface area contributed by atoms with Gasteiger partial charge in [-0.05, 0) is 39.7 Å². The maximum absolute atomic E-state index is 6.39. The molecule has 0 aliphatic rings. The van der Waals surface area contributed by atoms with Crippen molar-refractivity contribution < 1.29 is 0 Å². The molecule has 1 aromatic carbocycles. The molecule has 1 unspecified atom stereocenters. The Balaban J connectivity index is 2.27. The lowest BCUT2D eigenvalue weighted by Crippen LogP contribution is -2.15. The van der Waals surface area contributed by atoms with Gasteiger partial charge in [0.15, 0.2) is 0 Å². The zero-order chi connectivity index (χ0) is 14.2. The van der Waals surface area contributed by atoms with Crippen LogP contribution >= 0.6 is 0 Å². The zero-order valence-electron chi connectivity index (χ0n) is 12.5. The summed E-state index contributed by atoms with van der Waals surface area (Å²) in [4.78, 5) is 0. The fourth-order valence-electron chi connectivity index (χ4n) is 2.87. The number of nitrogens with zero attached hydrogens (tertiary/aromatic N) is 2. The van der Waals surface area contributed by atoms with Crippen LogP contribution < -0.4 is 5.73 Å². The van der Waals surface area contributed by atoms with Crippen LogP contribution in [0.25, 0.3) is 0 Å². The van der Waals surface area contributed by atoms with Gasteiger partial charge in [0.2, 0.25) is 0 Å². The van der Waals surface area contributed by atoms with Crippen LogP contribution in [0, 0.1) is 27.7 Å². The molecule has 2 N–H and O–H groups in total. The van der Waals surface area contributed by atoms with Gasteiger partial charge in [-0.25, -0.2) is 0 Å². The van der Waals surface area contributed by atoms with E-state index in [0.717, 1.165) is 17.8 Å². The van der Waals surface area contributed by atoms with Gasteiger partial charge in [-0.2, -0.15) is 5.10 Å². The molecule has 2 aromatic rings. The van der Waals surface area contributed by atoms with Crippen molar-refractivity contribution in [3.63, 3.8) is 0 Å². The van der Waals surface area contributed by atoms with Crippen molar-refractivity contribution in [3.8, 4) is 0 Å². The number of aryl methyl sites for hydroxylation is 4. The molecule has 1 heterocycles. The third kappa shape index (κ3) is 2.87. The molecule has 0 saturated carbocycles. The predicted octanol–water partition coefficient (Wildman–Crippen LogP) is 2.90. The van der Waals surface area contributed by atoms with E-state index in [2.05, 4.69) is 44.1 Å². The Morgan fingerprint density at radius 1 is 1.11 bits per heavy atom. The van der Waals surface area contributed by atoms with Gasteiger partial charge in [-0.3, -0.25) is 4.68 Å². The number of rotatable bonds is 3. The predicted molar refractivity (Wildman–Crippen MR) is 79.2 cm³/mol. The monoisotopic (exact) mass is 257 g/mol. The van der Waals surface area contributed by atoms with Crippen molar-refractivity contribution in [2.45, 2.75) is 40.2 Å². The Kier molecular flexibility index (Phi) is 3.76. The van der Waals surface area contributed by atoms with E-state index in [4.69, 9.17) is 5.73 Å². The van der Waals surface area contributed by atoms with Gasteiger partial charge in [0.05, 0.1) is 5.69 Å². The molecule has 0 aliphatic carbocycles. The average Bonchev–Trinajstić information content (AvgIpc) is 2.51. The van der Waals surface area contributed by atoms with Gasteiger partial charge in [0, 0.05) is 24.3 Å². The Bertz CT molecular complexity index is 576. The van der Waals surface area contributed by atoms with Crippen LogP contribution in [0.5, 0.6) is 0 Å². The van der Waals surface area contributed by atoms with Crippen molar-refractivity contribution in [3.05, 3.63) is 51.8 Å². The van der Waals surface area contributed by atoms with Crippen molar-refractivity contribution in [1.29, 1.82) is 0 Å². The first-order valence-corrected chi connectivity index (χ1v) is 6.71. The molecule has 2 rings (SSSR count). The maximum Gasteiger partial charge on any atom is 0.0644 e. The number of aromatic nitrogens is 2. The van der Waals surface area contributed by atoms with Gasteiger partial charge in [0.25, 0.3) is 0 Å². The van der Waals surface area contributed by atoms with Crippen LogP contribution in [0.3, 0.4) is 0 Å². The highest BCUT2D eigenvalue weighted by Crippen LogP contribution is 2.23. The molecule has 3 heteroatoms. The van der Waals surface area contributed by atoms with Crippen molar-refractivity contribution in [2.75, 3.05) is 0 Å². The summed E-state index contributed by atoms with van der Waals surface area (Å²) in [6.07, 6.45) is 0.857. The molecule has 0 saturated heterocycles. The standard InChI is InChI=1S/C16H23N3/c1-10-6-11(2)8-14(7-10)9-15(17)16-12(3)18-19(5)13(16)4/h6-8,15H,9,17H2,1-5H3. The summed E-state index contributed by atoms with van der Waals surface area (Å²) in [5.41, 5.74) is 13.7. The first-order valence-electron chi connectivity index (χ1n) is 6.71. The minimum absolute atomic E-state index is 0.00917. The molecule has 0 spiro atoms. The summed E-state index contributed by atoms with van der Waals surface area (Å²) in [5, 5.41) is 4.45. The van der Waals surface area contributed by atoms with E-state index in [-0.39, 0.29) is 6.04 Å². The second-order valence-corrected chi connectivity index (χ2v) is 5.51. The molecule has 1 aromatic heterocycles. The summed E-state index contributed by atoms with van der Waals surface area (Å²) >= 11 is 0. The highest BCUT2D eigenvalue weighted by Gasteiger charge is 2.17. The van der Waals surface area contributed by atoms with Crippen LogP contribution in [-0.4, -0.2) is 9.78 Å². The minimum Gasteiger partial charge on any atom is -0.324 e. The lowest BCUT2D eigenvalue weighted by molar-refractivity contribution is 0.700. The van der Waals surface area contributed by atoms with Crippen LogP contribution in [0.4, 0.5) is 0 Å². The molecule has 0 fully saturated rings. The van der Waals surface area contributed by atoms with Crippen LogP contribution in [-0.2, 0) is 13.5 Å². The Morgan fingerprint density at radius 3 is 2.16 bits per heavy atom. The molecule has 1 atom stereocenters. The minimum atomic E-state index is 0.00917. The third-order valence-electron chi connectivity index (χ3n) is 3.67. The zero-order valence-corrected chi connectivity index (χ0v) is 12.5. The van der Waals surface area contributed by atoms with Crippen molar-refractivity contribution in [2.24, 2.45) is 12.8 Å². The SMILES string of the molecule is Cc1cc(C)cc(CC(N)c2c(C)nn(C)c2C)c1. The average molecular weight is 257 g/mol. The van der Waals surface area contributed by atoms with Gasteiger partial charge in [-0.1, -0.05) is 29.3 Å². The lowest BCUT2D eigenvalue weighted by Gasteiger charge is -2.14. The molecular formula is C16H23N3. The van der Waals surface area contributed by atoms with E-state index in [1.165, 1.54) is 22.3 Å². The maximum atomic E-state index is 6.39. The largest absolute Gasteiger partial charge is 0.324 e. The quantitative estimate of drug-likeness (QED) is 0.918. The highest BCUT2D eigenvalue weighted by atomic mass is 15.3. The Labute approximate surface area is 115 Å². The van der Waals surface area contributed by atoms with Crippen molar-refractivity contribution in [1.82, 2.24) is 9.78 Å². The summed E-state index contributed by atoms with van der Waals surface area (Å²) in [5.74, 6) is 0. The van der Waals surface area contributed by atoms with Crippen LogP contribution in [0.2, 0.25) is 0 Å². The Morgan fingerprint density at radius 2 is 1.68 bits per heavy atom. The third-order valence-corrected chi connectivity index (χ3v) is 3.67. The molecule has 19 heavy (non-hydrogen) atoms. The highest BCUT2D eigenvalue weighted by molar-refractivity contribution is 5.33. The van der Waals surface area contributed by atoms with E-state index in [1.54, 1.807) is 0 Å². The summed E-state index contributed by atoms with van der Waals surface area (Å²) in [6, 6.07) is 6.63. The summed E-state index contributed by atoms with van der Waals surface area (Å²) < 4.78 is 1.91. The van der Waals surface area contributed by atoms with E-state index in [0.29, 0.717) is 0 Å². The van der Waals surface area contributed by atoms with E-state index in [1.807, 2.05) is 18.7 Å². The van der Waals surface area contributed by atoms with Crippen LogP contribution in [0.15, 0.2) is 18.2 Å². The number of nitrogens with two attached hydrogens (primary N) is 1. The van der Waals surface area contributed by atoms with Gasteiger partial charge in [-0.15, -0.1) is 0 Å². The first-order chi connectivity index (χ1) is 8.88. The fourth-order valence-corrected chi connectivity index (χ4v) is 2.87. The molecule has 0 aliphatic heterocycles. The molecule has 0 amide bonds. The van der Waals surface area contributed by atoms with Crippen molar-refractivity contribution >= 4 is 0 Å². The summed E-state index contributed by atoms with van der Waals surface area (Å²) in [7, 11) is 1.97. The second kappa shape index (κ2) is 5.17. The smallest absolute Gasteiger partial charge is 0.0644 e. The topological polar surface area (TPSA) is 43.8 Å². The molecular weight excluding hydrogens is 234 g/mol. The lowest BCUT2D eigenvalue weighted by atomic mass is 9.96. The summed E-state index contributed by atoms with van der Waals surface area (Å²) in [6.45, 7) is 8.37. The molecule has 0 radical (unpaired) electrons. The van der Waals surface area contributed by atoms with Gasteiger partial charge < -0.3 is 5.73 Å². The first kappa shape index (κ1) is 13.8. The van der Waals surface area contributed by atoms with E-state index in [9.17, 15) is 0 Å². The molecule has 3 nitrogen and oxygen atoms in total.